The van der Waals surface area contributed by atoms with E-state index in [0.717, 1.165) is 57.4 Å². The molecule has 0 spiro atoms. The molecule has 3 aromatic heterocycles. The number of aromatic nitrogens is 3. The van der Waals surface area contributed by atoms with Crippen LogP contribution in [0.2, 0.25) is 0 Å². The van der Waals surface area contributed by atoms with Crippen LogP contribution < -0.4 is 0 Å². The van der Waals surface area contributed by atoms with Crippen molar-refractivity contribution < 1.29 is 18.8 Å². The van der Waals surface area contributed by atoms with Gasteiger partial charge in [-0.15, -0.1) is 0 Å². The van der Waals surface area contributed by atoms with E-state index in [1.54, 1.807) is 26.1 Å². The van der Waals surface area contributed by atoms with Crippen molar-refractivity contribution >= 4 is 21.9 Å². The number of benzene rings is 2. The van der Waals surface area contributed by atoms with Gasteiger partial charge in [0.1, 0.15) is 11.6 Å². The van der Waals surface area contributed by atoms with Crippen molar-refractivity contribution in [2.24, 2.45) is 5.92 Å². The van der Waals surface area contributed by atoms with E-state index in [2.05, 4.69) is 27.9 Å². The topological polar surface area (TPSA) is 73.3 Å². The fourth-order valence-corrected chi connectivity index (χ4v) is 5.94. The van der Waals surface area contributed by atoms with Crippen LogP contribution in [0.15, 0.2) is 59.3 Å². The lowest BCUT2D eigenvalue weighted by molar-refractivity contribution is 0.0548. The Kier molecular flexibility index (Phi) is 6.08. The van der Waals surface area contributed by atoms with Crippen molar-refractivity contribution in [1.82, 2.24) is 14.7 Å². The Morgan fingerprint density at radius 1 is 1.05 bits per heavy atom. The minimum atomic E-state index is -1.07. The molecule has 38 heavy (non-hydrogen) atoms. The third kappa shape index (κ3) is 4.10. The van der Waals surface area contributed by atoms with Gasteiger partial charge in [0.2, 0.25) is 0 Å². The van der Waals surface area contributed by atoms with Crippen LogP contribution in [0.25, 0.3) is 33.1 Å². The largest absolute Gasteiger partial charge is 0.386 e. The molecule has 1 saturated heterocycles. The van der Waals surface area contributed by atoms with Gasteiger partial charge in [0.25, 0.3) is 0 Å². The lowest BCUT2D eigenvalue weighted by atomic mass is 9.86. The minimum Gasteiger partial charge on any atom is -0.386 e. The van der Waals surface area contributed by atoms with E-state index < -0.39 is 5.60 Å². The molecule has 1 unspecified atom stereocenters. The molecule has 0 bridgehead atoms. The van der Waals surface area contributed by atoms with Crippen molar-refractivity contribution in [3.05, 3.63) is 83.1 Å². The molecule has 0 amide bonds. The summed E-state index contributed by atoms with van der Waals surface area (Å²) >= 11 is 0. The monoisotopic (exact) mass is 513 g/mol. The highest BCUT2D eigenvalue weighted by molar-refractivity contribution is 6.07. The van der Waals surface area contributed by atoms with Gasteiger partial charge in [-0.25, -0.2) is 4.39 Å². The molecule has 1 atom stereocenters. The summed E-state index contributed by atoms with van der Waals surface area (Å²) in [5.74, 6) is 0.683. The first-order valence-corrected chi connectivity index (χ1v) is 13.2. The second-order valence-electron chi connectivity index (χ2n) is 10.9. The SMILES string of the molecule is Cc1noc(C)c1-c1ccc2c3ncc(C(C)(C)O)cc3n(C(c3ccccc3F)C3CCOCC3)c2c1. The number of hydrogen-bond acceptors (Lipinski definition) is 5. The van der Waals surface area contributed by atoms with Gasteiger partial charge in [0.05, 0.1) is 33.9 Å². The van der Waals surface area contributed by atoms with Crippen LogP contribution in [-0.4, -0.2) is 33.0 Å². The van der Waals surface area contributed by atoms with Crippen LogP contribution in [0, 0.1) is 25.6 Å². The lowest BCUT2D eigenvalue weighted by Crippen LogP contribution is -2.27. The van der Waals surface area contributed by atoms with Crippen LogP contribution in [-0.2, 0) is 10.3 Å². The summed E-state index contributed by atoms with van der Waals surface area (Å²) in [6.07, 6.45) is 3.38. The van der Waals surface area contributed by atoms with Crippen molar-refractivity contribution in [2.45, 2.75) is 52.2 Å². The van der Waals surface area contributed by atoms with Gasteiger partial charge < -0.3 is 18.9 Å². The summed E-state index contributed by atoms with van der Waals surface area (Å²) < 4.78 is 29.0. The Balaban J connectivity index is 1.71. The quantitative estimate of drug-likeness (QED) is 0.278. The molecule has 1 aliphatic rings. The van der Waals surface area contributed by atoms with Crippen LogP contribution in [0.4, 0.5) is 4.39 Å². The first kappa shape index (κ1) is 24.8. The zero-order chi connectivity index (χ0) is 26.6. The molecule has 6 rings (SSSR count). The fourth-order valence-electron chi connectivity index (χ4n) is 5.94. The first-order chi connectivity index (χ1) is 18.2. The maximum atomic E-state index is 15.5. The van der Waals surface area contributed by atoms with E-state index in [9.17, 15) is 5.11 Å². The Bertz CT molecular complexity index is 1620. The number of pyridine rings is 1. The summed E-state index contributed by atoms with van der Waals surface area (Å²) in [6.45, 7) is 8.65. The normalized spacial score (nSPS) is 15.9. The summed E-state index contributed by atoms with van der Waals surface area (Å²) in [5, 5.41) is 16.0. The maximum absolute atomic E-state index is 15.5. The minimum absolute atomic E-state index is 0.160. The Labute approximate surface area is 221 Å². The molecule has 2 aromatic carbocycles. The Morgan fingerprint density at radius 2 is 1.82 bits per heavy atom. The smallest absolute Gasteiger partial charge is 0.141 e. The first-order valence-electron chi connectivity index (χ1n) is 13.2. The molecule has 1 aliphatic heterocycles. The van der Waals surface area contributed by atoms with Gasteiger partial charge in [-0.3, -0.25) is 4.98 Å². The van der Waals surface area contributed by atoms with Crippen molar-refractivity contribution in [2.75, 3.05) is 13.2 Å². The van der Waals surface area contributed by atoms with Gasteiger partial charge in [0.15, 0.2) is 0 Å². The van der Waals surface area contributed by atoms with E-state index in [0.29, 0.717) is 24.3 Å². The summed E-state index contributed by atoms with van der Waals surface area (Å²) in [7, 11) is 0. The zero-order valence-electron chi connectivity index (χ0n) is 22.2. The average molecular weight is 514 g/mol. The predicted octanol–water partition coefficient (Wildman–Crippen LogP) is 6.84. The molecule has 1 fully saturated rings. The molecule has 7 heteroatoms. The third-order valence-corrected chi connectivity index (χ3v) is 7.88. The number of aliphatic hydroxyl groups is 1. The average Bonchev–Trinajstić information content (AvgIpc) is 3.41. The fraction of sp³-hybridized carbons (Fsp3) is 0.355. The number of halogens is 1. The second kappa shape index (κ2) is 9.33. The molecule has 0 radical (unpaired) electrons. The summed E-state index contributed by atoms with van der Waals surface area (Å²) in [4.78, 5) is 4.84. The molecule has 6 nitrogen and oxygen atoms in total. The van der Waals surface area contributed by atoms with E-state index in [-0.39, 0.29) is 17.8 Å². The van der Waals surface area contributed by atoms with Gasteiger partial charge in [-0.1, -0.05) is 35.5 Å². The molecular formula is C31H32FN3O3. The highest BCUT2D eigenvalue weighted by Crippen LogP contribution is 2.43. The van der Waals surface area contributed by atoms with Crippen LogP contribution in [0.5, 0.6) is 0 Å². The van der Waals surface area contributed by atoms with Crippen LogP contribution in [0.3, 0.4) is 0 Å². The number of ether oxygens (including phenoxy) is 1. The molecule has 4 heterocycles. The number of rotatable bonds is 5. The number of aryl methyl sites for hydroxylation is 2. The Hall–Kier alpha value is -3.55. The number of nitrogens with zero attached hydrogens (tertiary/aromatic N) is 3. The predicted molar refractivity (Wildman–Crippen MR) is 146 cm³/mol. The number of hydrogen-bond donors (Lipinski definition) is 1. The number of fused-ring (bicyclic) bond motifs is 3. The van der Waals surface area contributed by atoms with E-state index >= 15 is 4.39 Å². The van der Waals surface area contributed by atoms with Gasteiger partial charge in [0, 0.05) is 41.5 Å². The van der Waals surface area contributed by atoms with Crippen molar-refractivity contribution in [3.63, 3.8) is 0 Å². The highest BCUT2D eigenvalue weighted by Gasteiger charge is 2.32. The Morgan fingerprint density at radius 3 is 2.50 bits per heavy atom. The summed E-state index contributed by atoms with van der Waals surface area (Å²) in [6, 6.07) is 15.1. The third-order valence-electron chi connectivity index (χ3n) is 7.88. The second-order valence-corrected chi connectivity index (χ2v) is 10.9. The van der Waals surface area contributed by atoms with E-state index in [1.165, 1.54) is 6.07 Å². The molecule has 196 valence electrons. The van der Waals surface area contributed by atoms with Crippen LogP contribution >= 0.6 is 0 Å². The van der Waals surface area contributed by atoms with E-state index in [1.807, 2.05) is 32.0 Å². The van der Waals surface area contributed by atoms with Gasteiger partial charge in [-0.05, 0) is 70.2 Å². The standard InChI is InChI=1S/C31H32FN3O3/c1-18-28(19(2)38-34-18)21-9-10-24-26(15-21)35(27-16-22(31(3,4)36)17-33-29(24)27)30(20-11-13-37-14-12-20)23-7-5-6-8-25(23)32/h5-10,15-17,20,30,36H,11-14H2,1-4H3. The molecule has 1 N–H and O–H groups in total. The van der Waals surface area contributed by atoms with E-state index in [4.69, 9.17) is 14.2 Å². The summed E-state index contributed by atoms with van der Waals surface area (Å²) in [5.41, 5.74) is 5.70. The molecule has 0 aliphatic carbocycles. The molecular weight excluding hydrogens is 481 g/mol. The van der Waals surface area contributed by atoms with Gasteiger partial charge in [-0.2, -0.15) is 0 Å². The molecule has 0 saturated carbocycles. The van der Waals surface area contributed by atoms with Crippen molar-refractivity contribution in [1.29, 1.82) is 0 Å². The van der Waals surface area contributed by atoms with Crippen LogP contribution in [0.1, 0.15) is 55.3 Å². The lowest BCUT2D eigenvalue weighted by Gasteiger charge is -2.33. The van der Waals surface area contributed by atoms with Gasteiger partial charge >= 0.3 is 0 Å². The zero-order valence-corrected chi connectivity index (χ0v) is 22.2. The van der Waals surface area contributed by atoms with Crippen molar-refractivity contribution in [3.8, 4) is 11.1 Å². The highest BCUT2D eigenvalue weighted by atomic mass is 19.1. The maximum Gasteiger partial charge on any atom is 0.141 e. The molecule has 5 aromatic rings.